The first-order valence-electron chi connectivity index (χ1n) is 5.25. The summed E-state index contributed by atoms with van der Waals surface area (Å²) in [6, 6.07) is 0. The van der Waals surface area contributed by atoms with E-state index in [9.17, 15) is 4.39 Å². The van der Waals surface area contributed by atoms with E-state index in [0.29, 0.717) is 12.8 Å². The Balaban J connectivity index is 4.36. The summed E-state index contributed by atoms with van der Waals surface area (Å²) in [5.41, 5.74) is -1.34. The molecule has 0 spiro atoms. The molecule has 0 saturated carbocycles. The average molecular weight is 190 g/mol. The second-order valence-corrected chi connectivity index (χ2v) is 4.36. The third-order valence-corrected chi connectivity index (χ3v) is 3.37. The molecule has 0 aliphatic rings. The second-order valence-electron chi connectivity index (χ2n) is 4.36. The molecule has 0 aliphatic carbocycles. The summed E-state index contributed by atoms with van der Waals surface area (Å²) in [5.74, 6) is 0. The van der Waals surface area contributed by atoms with Gasteiger partial charge in [-0.2, -0.15) is 0 Å². The first-order chi connectivity index (χ1) is 5.95. The van der Waals surface area contributed by atoms with E-state index in [-0.39, 0.29) is 12.0 Å². The van der Waals surface area contributed by atoms with Crippen molar-refractivity contribution in [3.05, 3.63) is 0 Å². The number of hydrogen-bond donors (Lipinski definition) is 1. The standard InChI is InChI=1S/C11H23FO/c1-5-10(4,6-2)8-11(12,7-3)9-13/h13H,5-9H2,1-4H3. The molecular formula is C11H23FO. The van der Waals surface area contributed by atoms with Gasteiger partial charge >= 0.3 is 0 Å². The van der Waals surface area contributed by atoms with Crippen LogP contribution in [0.15, 0.2) is 0 Å². The molecule has 0 amide bonds. The van der Waals surface area contributed by atoms with Crippen LogP contribution in [0.4, 0.5) is 4.39 Å². The molecule has 1 nitrogen and oxygen atoms in total. The van der Waals surface area contributed by atoms with Gasteiger partial charge in [-0.3, -0.25) is 0 Å². The monoisotopic (exact) mass is 190 g/mol. The first kappa shape index (κ1) is 12.9. The summed E-state index contributed by atoms with van der Waals surface area (Å²) in [7, 11) is 0. The lowest BCUT2D eigenvalue weighted by Gasteiger charge is -2.34. The van der Waals surface area contributed by atoms with Crippen LogP contribution < -0.4 is 0 Å². The van der Waals surface area contributed by atoms with Gasteiger partial charge in [-0.05, 0) is 18.3 Å². The van der Waals surface area contributed by atoms with Crippen LogP contribution in [0.3, 0.4) is 0 Å². The maximum atomic E-state index is 13.9. The maximum absolute atomic E-state index is 13.9. The van der Waals surface area contributed by atoms with Crippen molar-refractivity contribution in [2.24, 2.45) is 5.41 Å². The smallest absolute Gasteiger partial charge is 0.134 e. The Morgan fingerprint density at radius 1 is 1.08 bits per heavy atom. The molecule has 80 valence electrons. The van der Waals surface area contributed by atoms with Gasteiger partial charge in [0, 0.05) is 0 Å². The summed E-state index contributed by atoms with van der Waals surface area (Å²) in [5, 5.41) is 8.96. The molecule has 0 bridgehead atoms. The highest BCUT2D eigenvalue weighted by atomic mass is 19.1. The van der Waals surface area contributed by atoms with Crippen molar-refractivity contribution < 1.29 is 9.50 Å². The minimum Gasteiger partial charge on any atom is -0.393 e. The Morgan fingerprint density at radius 3 is 1.77 bits per heavy atom. The van der Waals surface area contributed by atoms with Crippen LogP contribution in [0, 0.1) is 5.41 Å². The largest absolute Gasteiger partial charge is 0.393 e. The Morgan fingerprint density at radius 2 is 1.54 bits per heavy atom. The molecule has 0 aromatic rings. The molecule has 0 heterocycles. The summed E-state index contributed by atoms with van der Waals surface area (Å²) in [6.45, 7) is 7.70. The van der Waals surface area contributed by atoms with Crippen LogP contribution in [-0.2, 0) is 0 Å². The lowest BCUT2D eigenvalue weighted by atomic mass is 9.75. The fourth-order valence-electron chi connectivity index (χ4n) is 1.56. The quantitative estimate of drug-likeness (QED) is 0.681. The predicted molar refractivity (Wildman–Crippen MR) is 54.5 cm³/mol. The highest BCUT2D eigenvalue weighted by molar-refractivity contribution is 4.85. The van der Waals surface area contributed by atoms with Gasteiger partial charge in [0.05, 0.1) is 6.61 Å². The number of alkyl halides is 1. The van der Waals surface area contributed by atoms with Crippen molar-refractivity contribution in [2.75, 3.05) is 6.61 Å². The van der Waals surface area contributed by atoms with Crippen LogP contribution in [0.2, 0.25) is 0 Å². The summed E-state index contributed by atoms with van der Waals surface area (Å²) in [6.07, 6.45) is 2.81. The molecule has 0 aliphatic heterocycles. The molecular weight excluding hydrogens is 167 g/mol. The number of aliphatic hydroxyl groups excluding tert-OH is 1. The second kappa shape index (κ2) is 4.94. The van der Waals surface area contributed by atoms with E-state index in [1.54, 1.807) is 6.92 Å². The highest BCUT2D eigenvalue weighted by Crippen LogP contribution is 2.38. The van der Waals surface area contributed by atoms with Crippen LogP contribution >= 0.6 is 0 Å². The fourth-order valence-corrected chi connectivity index (χ4v) is 1.56. The molecule has 1 atom stereocenters. The van der Waals surface area contributed by atoms with Gasteiger partial charge in [-0.1, -0.05) is 40.5 Å². The van der Waals surface area contributed by atoms with E-state index in [1.807, 2.05) is 0 Å². The van der Waals surface area contributed by atoms with Gasteiger partial charge in [0.25, 0.3) is 0 Å². The van der Waals surface area contributed by atoms with Gasteiger partial charge in [0.2, 0.25) is 0 Å². The molecule has 1 N–H and O–H groups in total. The lowest BCUT2D eigenvalue weighted by Crippen LogP contribution is -2.34. The molecule has 0 saturated heterocycles. The molecule has 0 aromatic carbocycles. The summed E-state index contributed by atoms with van der Waals surface area (Å²) in [4.78, 5) is 0. The molecule has 0 radical (unpaired) electrons. The normalized spacial score (nSPS) is 17.1. The summed E-state index contributed by atoms with van der Waals surface area (Å²) >= 11 is 0. The van der Waals surface area contributed by atoms with Gasteiger partial charge in [0.15, 0.2) is 0 Å². The number of halogens is 1. The van der Waals surface area contributed by atoms with Crippen molar-refractivity contribution in [3.8, 4) is 0 Å². The van der Waals surface area contributed by atoms with Gasteiger partial charge in [0.1, 0.15) is 5.67 Å². The van der Waals surface area contributed by atoms with Gasteiger partial charge in [-0.25, -0.2) is 4.39 Å². The molecule has 0 aromatic heterocycles. The molecule has 0 rings (SSSR count). The molecule has 13 heavy (non-hydrogen) atoms. The highest BCUT2D eigenvalue weighted by Gasteiger charge is 2.35. The Labute approximate surface area is 81.3 Å². The Bertz CT molecular complexity index is 121. The van der Waals surface area contributed by atoms with Crippen molar-refractivity contribution in [3.63, 3.8) is 0 Å². The van der Waals surface area contributed by atoms with Gasteiger partial charge < -0.3 is 5.11 Å². The minimum absolute atomic E-state index is 0.0352. The maximum Gasteiger partial charge on any atom is 0.134 e. The van der Waals surface area contributed by atoms with Crippen LogP contribution in [-0.4, -0.2) is 17.4 Å². The van der Waals surface area contributed by atoms with Crippen molar-refractivity contribution >= 4 is 0 Å². The Kier molecular flexibility index (Phi) is 4.90. The topological polar surface area (TPSA) is 20.2 Å². The number of rotatable bonds is 6. The van der Waals surface area contributed by atoms with Crippen LogP contribution in [0.1, 0.15) is 53.4 Å². The van der Waals surface area contributed by atoms with E-state index in [1.165, 1.54) is 0 Å². The van der Waals surface area contributed by atoms with E-state index < -0.39 is 5.67 Å². The van der Waals surface area contributed by atoms with Crippen molar-refractivity contribution in [1.82, 2.24) is 0 Å². The first-order valence-corrected chi connectivity index (χ1v) is 5.25. The molecule has 2 heteroatoms. The zero-order chi connectivity index (χ0) is 10.5. The minimum atomic E-state index is -1.37. The van der Waals surface area contributed by atoms with Gasteiger partial charge in [-0.15, -0.1) is 0 Å². The third-order valence-electron chi connectivity index (χ3n) is 3.37. The fraction of sp³-hybridized carbons (Fsp3) is 1.00. The van der Waals surface area contributed by atoms with Crippen LogP contribution in [0.25, 0.3) is 0 Å². The van der Waals surface area contributed by atoms with E-state index in [4.69, 9.17) is 5.11 Å². The van der Waals surface area contributed by atoms with E-state index in [2.05, 4.69) is 20.8 Å². The van der Waals surface area contributed by atoms with Crippen molar-refractivity contribution in [1.29, 1.82) is 0 Å². The van der Waals surface area contributed by atoms with Crippen molar-refractivity contribution in [2.45, 2.75) is 59.0 Å². The van der Waals surface area contributed by atoms with E-state index in [0.717, 1.165) is 12.8 Å². The molecule has 1 unspecified atom stereocenters. The third kappa shape index (κ3) is 3.63. The lowest BCUT2D eigenvalue weighted by molar-refractivity contribution is 0.0178. The molecule has 0 fully saturated rings. The summed E-state index contributed by atoms with van der Waals surface area (Å²) < 4.78 is 13.9. The zero-order valence-electron chi connectivity index (χ0n) is 9.36. The number of hydrogen-bond acceptors (Lipinski definition) is 1. The SMILES string of the molecule is CCC(C)(CC)CC(F)(CC)CO. The number of aliphatic hydroxyl groups is 1. The van der Waals surface area contributed by atoms with Crippen LogP contribution in [0.5, 0.6) is 0 Å². The zero-order valence-corrected chi connectivity index (χ0v) is 9.36. The van der Waals surface area contributed by atoms with E-state index >= 15 is 0 Å². The Hall–Kier alpha value is -0.110. The predicted octanol–water partition coefficient (Wildman–Crippen LogP) is 3.31. The average Bonchev–Trinajstić information content (AvgIpc) is 2.17.